The van der Waals surface area contributed by atoms with Crippen LogP contribution in [0, 0.1) is 0 Å². The summed E-state index contributed by atoms with van der Waals surface area (Å²) in [5.74, 6) is 0. The zero-order chi connectivity index (χ0) is 20.0. The first-order valence-electron chi connectivity index (χ1n) is 9.34. The van der Waals surface area contributed by atoms with Gasteiger partial charge in [0.2, 0.25) is 10.0 Å². The molecule has 1 aliphatic heterocycles. The number of nitrogens with zero attached hydrogens (tertiary/aromatic N) is 1. The van der Waals surface area contributed by atoms with Crippen molar-refractivity contribution in [3.63, 3.8) is 0 Å². The largest absolute Gasteiger partial charge is 0.338 e. The Morgan fingerprint density at radius 1 is 1.07 bits per heavy atom. The van der Waals surface area contributed by atoms with E-state index in [1.54, 1.807) is 58.9 Å². The molecule has 1 atom stereocenters. The summed E-state index contributed by atoms with van der Waals surface area (Å²) in [6.07, 6.45) is 3.21. The number of amides is 2. The summed E-state index contributed by atoms with van der Waals surface area (Å²) in [5, 5.41) is 6.13. The van der Waals surface area contributed by atoms with E-state index < -0.39 is 10.0 Å². The second-order valence-electron chi connectivity index (χ2n) is 6.75. The highest BCUT2D eigenvalue weighted by Crippen LogP contribution is 2.26. The number of sulfonamides is 1. The SMILES string of the molecule is O=C(NCC[C@H]1CCCCN1S(=O)(=O)c1ccccc1)Nc1ccc(Cl)cc1. The third-order valence-electron chi connectivity index (χ3n) is 4.79. The van der Waals surface area contributed by atoms with Gasteiger partial charge in [0.15, 0.2) is 0 Å². The third kappa shape index (κ3) is 5.25. The van der Waals surface area contributed by atoms with Crippen LogP contribution in [0.15, 0.2) is 59.5 Å². The summed E-state index contributed by atoms with van der Waals surface area (Å²) in [6.45, 7) is 0.907. The van der Waals surface area contributed by atoms with Crippen LogP contribution in [-0.2, 0) is 10.0 Å². The van der Waals surface area contributed by atoms with Gasteiger partial charge in [-0.05, 0) is 55.7 Å². The van der Waals surface area contributed by atoms with Crippen molar-refractivity contribution in [2.75, 3.05) is 18.4 Å². The van der Waals surface area contributed by atoms with Crippen molar-refractivity contribution in [3.8, 4) is 0 Å². The number of carbonyl (C=O) groups is 1. The van der Waals surface area contributed by atoms with Crippen molar-refractivity contribution in [3.05, 3.63) is 59.6 Å². The van der Waals surface area contributed by atoms with E-state index >= 15 is 0 Å². The van der Waals surface area contributed by atoms with Crippen molar-refractivity contribution >= 4 is 33.3 Å². The molecular weight excluding hydrogens is 398 g/mol. The monoisotopic (exact) mass is 421 g/mol. The molecule has 8 heteroatoms. The van der Waals surface area contributed by atoms with E-state index in [0.29, 0.717) is 35.1 Å². The lowest BCUT2D eigenvalue weighted by molar-refractivity contribution is 0.234. The first kappa shape index (κ1) is 20.6. The maximum atomic E-state index is 13.0. The van der Waals surface area contributed by atoms with E-state index in [-0.39, 0.29) is 12.1 Å². The predicted molar refractivity (Wildman–Crippen MR) is 111 cm³/mol. The highest BCUT2D eigenvalue weighted by molar-refractivity contribution is 7.89. The van der Waals surface area contributed by atoms with Crippen molar-refractivity contribution in [2.24, 2.45) is 0 Å². The van der Waals surface area contributed by atoms with Crippen LogP contribution in [-0.4, -0.2) is 37.9 Å². The molecule has 6 nitrogen and oxygen atoms in total. The Morgan fingerprint density at radius 3 is 2.50 bits per heavy atom. The highest BCUT2D eigenvalue weighted by atomic mass is 35.5. The minimum absolute atomic E-state index is 0.116. The lowest BCUT2D eigenvalue weighted by Crippen LogP contribution is -2.45. The number of urea groups is 1. The van der Waals surface area contributed by atoms with Gasteiger partial charge in [0.05, 0.1) is 4.90 Å². The van der Waals surface area contributed by atoms with Gasteiger partial charge in [-0.3, -0.25) is 0 Å². The number of carbonyl (C=O) groups excluding carboxylic acids is 1. The summed E-state index contributed by atoms with van der Waals surface area (Å²) in [4.78, 5) is 12.4. The number of hydrogen-bond acceptors (Lipinski definition) is 3. The molecule has 0 bridgehead atoms. The van der Waals surface area contributed by atoms with Crippen molar-refractivity contribution in [1.29, 1.82) is 0 Å². The molecule has 1 heterocycles. The number of nitrogens with one attached hydrogen (secondary N) is 2. The lowest BCUT2D eigenvalue weighted by Gasteiger charge is -2.34. The Hall–Kier alpha value is -2.09. The first-order chi connectivity index (χ1) is 13.5. The van der Waals surface area contributed by atoms with Crippen LogP contribution in [0.3, 0.4) is 0 Å². The molecular formula is C20H24ClN3O3S. The second-order valence-corrected chi connectivity index (χ2v) is 9.08. The van der Waals surface area contributed by atoms with Crippen LogP contribution in [0.2, 0.25) is 5.02 Å². The van der Waals surface area contributed by atoms with Crippen molar-refractivity contribution in [2.45, 2.75) is 36.6 Å². The molecule has 150 valence electrons. The Kier molecular flexibility index (Phi) is 6.93. The molecule has 0 saturated carbocycles. The fourth-order valence-corrected chi connectivity index (χ4v) is 5.24. The Balaban J connectivity index is 1.56. The van der Waals surface area contributed by atoms with E-state index in [4.69, 9.17) is 11.6 Å². The lowest BCUT2D eigenvalue weighted by atomic mass is 10.0. The van der Waals surface area contributed by atoms with E-state index in [9.17, 15) is 13.2 Å². The van der Waals surface area contributed by atoms with Gasteiger partial charge in [0.1, 0.15) is 0 Å². The molecule has 2 N–H and O–H groups in total. The maximum Gasteiger partial charge on any atom is 0.319 e. The Morgan fingerprint density at radius 2 is 1.79 bits per heavy atom. The molecule has 1 fully saturated rings. The fourth-order valence-electron chi connectivity index (χ4n) is 3.37. The summed E-state index contributed by atoms with van der Waals surface area (Å²) in [5.41, 5.74) is 0.646. The summed E-state index contributed by atoms with van der Waals surface area (Å²) in [6, 6.07) is 14.9. The molecule has 0 aliphatic carbocycles. The van der Waals surface area contributed by atoms with Gasteiger partial charge in [0, 0.05) is 29.8 Å². The number of piperidine rings is 1. The van der Waals surface area contributed by atoms with E-state index in [1.165, 1.54) is 0 Å². The highest BCUT2D eigenvalue weighted by Gasteiger charge is 2.33. The van der Waals surface area contributed by atoms with Crippen LogP contribution in [0.25, 0.3) is 0 Å². The Labute approximate surface area is 170 Å². The molecule has 2 aromatic carbocycles. The number of benzene rings is 2. The molecule has 1 aliphatic rings. The normalized spacial score (nSPS) is 17.8. The molecule has 0 radical (unpaired) electrons. The van der Waals surface area contributed by atoms with Gasteiger partial charge in [-0.15, -0.1) is 0 Å². The maximum absolute atomic E-state index is 13.0. The van der Waals surface area contributed by atoms with Gasteiger partial charge in [0.25, 0.3) is 0 Å². The first-order valence-corrected chi connectivity index (χ1v) is 11.2. The average Bonchev–Trinajstić information content (AvgIpc) is 2.71. The number of halogens is 1. The topological polar surface area (TPSA) is 78.5 Å². The summed E-state index contributed by atoms with van der Waals surface area (Å²) < 4.78 is 27.5. The zero-order valence-corrected chi connectivity index (χ0v) is 17.0. The summed E-state index contributed by atoms with van der Waals surface area (Å²) in [7, 11) is -3.52. The molecule has 2 amide bonds. The molecule has 0 unspecified atom stereocenters. The second kappa shape index (κ2) is 9.41. The number of hydrogen-bond donors (Lipinski definition) is 2. The molecule has 3 rings (SSSR count). The zero-order valence-electron chi connectivity index (χ0n) is 15.5. The van der Waals surface area contributed by atoms with E-state index in [2.05, 4.69) is 10.6 Å². The molecule has 0 spiro atoms. The molecule has 1 saturated heterocycles. The molecule has 0 aromatic heterocycles. The molecule has 2 aromatic rings. The predicted octanol–water partition coefficient (Wildman–Crippen LogP) is 4.10. The Bertz CT molecular complexity index is 889. The van der Waals surface area contributed by atoms with Crippen molar-refractivity contribution in [1.82, 2.24) is 9.62 Å². The smallest absolute Gasteiger partial charge is 0.319 e. The fraction of sp³-hybridized carbons (Fsp3) is 0.350. The third-order valence-corrected chi connectivity index (χ3v) is 7.01. The van der Waals surface area contributed by atoms with Gasteiger partial charge in [-0.25, -0.2) is 13.2 Å². The van der Waals surface area contributed by atoms with Crippen molar-refractivity contribution < 1.29 is 13.2 Å². The van der Waals surface area contributed by atoms with Gasteiger partial charge >= 0.3 is 6.03 Å². The minimum Gasteiger partial charge on any atom is -0.338 e. The van der Waals surface area contributed by atoms with Gasteiger partial charge in [-0.1, -0.05) is 36.2 Å². The van der Waals surface area contributed by atoms with Crippen LogP contribution >= 0.6 is 11.6 Å². The standard InChI is InChI=1S/C20H24ClN3O3S/c21-16-9-11-17(12-10-16)23-20(25)22-14-13-18-6-4-5-15-24(18)28(26,27)19-7-2-1-3-8-19/h1-3,7-12,18H,4-6,13-15H2,(H2,22,23,25)/t18-/m1/s1. The quantitative estimate of drug-likeness (QED) is 0.737. The van der Waals surface area contributed by atoms with Crippen LogP contribution < -0.4 is 10.6 Å². The van der Waals surface area contributed by atoms with Crippen LogP contribution in [0.5, 0.6) is 0 Å². The van der Waals surface area contributed by atoms with Crippen LogP contribution in [0.1, 0.15) is 25.7 Å². The van der Waals surface area contributed by atoms with Gasteiger partial charge < -0.3 is 10.6 Å². The number of rotatable bonds is 6. The number of anilines is 1. The molecule has 28 heavy (non-hydrogen) atoms. The average molecular weight is 422 g/mol. The van der Waals surface area contributed by atoms with E-state index in [0.717, 1.165) is 19.3 Å². The summed E-state index contributed by atoms with van der Waals surface area (Å²) >= 11 is 5.83. The van der Waals surface area contributed by atoms with E-state index in [1.807, 2.05) is 0 Å². The van der Waals surface area contributed by atoms with Gasteiger partial charge in [-0.2, -0.15) is 4.31 Å². The minimum atomic E-state index is -3.52. The van der Waals surface area contributed by atoms with Crippen LogP contribution in [0.4, 0.5) is 10.5 Å².